The van der Waals surface area contributed by atoms with Gasteiger partial charge in [-0.1, -0.05) is 0 Å². The van der Waals surface area contributed by atoms with Gasteiger partial charge in [-0.15, -0.1) is 11.6 Å². The highest BCUT2D eigenvalue weighted by atomic mass is 35.5. The molecule has 1 aliphatic rings. The highest BCUT2D eigenvalue weighted by molar-refractivity contribution is 6.18. The maximum Gasteiger partial charge on any atom is 0.224 e. The average molecular weight is 270 g/mol. The maximum atomic E-state index is 13.8. The first kappa shape index (κ1) is 13.0. The molecule has 0 aliphatic carbocycles. The van der Waals surface area contributed by atoms with Crippen molar-refractivity contribution in [3.05, 3.63) is 29.1 Å². The van der Waals surface area contributed by atoms with Gasteiger partial charge in [-0.3, -0.25) is 9.59 Å². The summed E-state index contributed by atoms with van der Waals surface area (Å²) in [5, 5.41) is 2.60. The third kappa shape index (κ3) is 2.70. The Kier molecular flexibility index (Phi) is 3.97. The van der Waals surface area contributed by atoms with Crippen molar-refractivity contribution < 1.29 is 14.0 Å². The molecule has 0 spiro atoms. The smallest absolute Gasteiger partial charge is 0.224 e. The zero-order valence-corrected chi connectivity index (χ0v) is 10.5. The molecule has 0 bridgehead atoms. The van der Waals surface area contributed by atoms with Crippen LogP contribution in [0.25, 0.3) is 0 Å². The number of alkyl halides is 1. The Morgan fingerprint density at radius 1 is 1.39 bits per heavy atom. The number of benzene rings is 1. The molecule has 1 aliphatic heterocycles. The summed E-state index contributed by atoms with van der Waals surface area (Å²) in [6.07, 6.45) is 1.68. The van der Waals surface area contributed by atoms with Gasteiger partial charge in [0.25, 0.3) is 0 Å². The Morgan fingerprint density at radius 2 is 2.17 bits per heavy atom. The molecule has 1 aromatic rings. The third-order valence-corrected chi connectivity index (χ3v) is 3.19. The molecule has 0 unspecified atom stereocenters. The van der Waals surface area contributed by atoms with Crippen LogP contribution in [-0.2, 0) is 11.2 Å². The number of ketones is 1. The van der Waals surface area contributed by atoms with Crippen molar-refractivity contribution in [2.24, 2.45) is 0 Å². The van der Waals surface area contributed by atoms with Crippen LogP contribution in [0.5, 0.6) is 0 Å². The fourth-order valence-corrected chi connectivity index (χ4v) is 2.11. The van der Waals surface area contributed by atoms with E-state index >= 15 is 0 Å². The van der Waals surface area contributed by atoms with Crippen molar-refractivity contribution in [1.29, 1.82) is 0 Å². The molecule has 0 saturated carbocycles. The van der Waals surface area contributed by atoms with Gasteiger partial charge in [0, 0.05) is 24.4 Å². The normalized spacial score (nSPS) is 14.0. The van der Waals surface area contributed by atoms with Crippen LogP contribution in [0.3, 0.4) is 0 Å². The van der Waals surface area contributed by atoms with E-state index in [4.69, 9.17) is 11.6 Å². The lowest BCUT2D eigenvalue weighted by Crippen LogP contribution is -2.20. The van der Waals surface area contributed by atoms with Crippen LogP contribution in [0.2, 0.25) is 0 Å². The number of amides is 1. The molecule has 2 rings (SSSR count). The molecule has 1 heterocycles. The molecule has 0 atom stereocenters. The van der Waals surface area contributed by atoms with E-state index in [1.165, 1.54) is 6.07 Å². The molecular weight excluding hydrogens is 257 g/mol. The van der Waals surface area contributed by atoms with E-state index < -0.39 is 5.82 Å². The fraction of sp³-hybridized carbons (Fsp3) is 0.385. The first-order chi connectivity index (χ1) is 8.61. The average Bonchev–Trinajstić information content (AvgIpc) is 2.35. The number of hydrogen-bond donors (Lipinski definition) is 1. The number of carbonyl (C=O) groups excluding carboxylic acids is 2. The molecule has 1 aromatic carbocycles. The fourth-order valence-electron chi connectivity index (χ4n) is 1.98. The molecule has 18 heavy (non-hydrogen) atoms. The van der Waals surface area contributed by atoms with Gasteiger partial charge < -0.3 is 5.32 Å². The topological polar surface area (TPSA) is 46.2 Å². The summed E-state index contributed by atoms with van der Waals surface area (Å²) < 4.78 is 13.8. The predicted molar refractivity (Wildman–Crippen MR) is 67.6 cm³/mol. The van der Waals surface area contributed by atoms with Crippen LogP contribution in [0.1, 0.15) is 35.2 Å². The molecule has 0 fully saturated rings. The second kappa shape index (κ2) is 5.48. The highest BCUT2D eigenvalue weighted by Crippen LogP contribution is 2.26. The second-order valence-corrected chi connectivity index (χ2v) is 4.63. The quantitative estimate of drug-likeness (QED) is 0.675. The van der Waals surface area contributed by atoms with Crippen molar-refractivity contribution in [1.82, 2.24) is 0 Å². The van der Waals surface area contributed by atoms with E-state index in [0.717, 1.165) is 5.56 Å². The Bertz CT molecular complexity index is 502. The van der Waals surface area contributed by atoms with Gasteiger partial charge in [-0.05, 0) is 30.5 Å². The number of halogens is 2. The van der Waals surface area contributed by atoms with Crippen molar-refractivity contribution >= 4 is 29.0 Å². The van der Waals surface area contributed by atoms with Crippen molar-refractivity contribution in [3.63, 3.8) is 0 Å². The number of fused-ring (bicyclic) bond motifs is 1. The molecule has 0 aromatic heterocycles. The third-order valence-electron chi connectivity index (χ3n) is 2.93. The summed E-state index contributed by atoms with van der Waals surface area (Å²) in [7, 11) is 0. The number of carbonyl (C=O) groups is 2. The van der Waals surface area contributed by atoms with Gasteiger partial charge in [0.1, 0.15) is 5.82 Å². The Morgan fingerprint density at radius 3 is 2.89 bits per heavy atom. The van der Waals surface area contributed by atoms with E-state index in [-0.39, 0.29) is 23.7 Å². The van der Waals surface area contributed by atoms with Gasteiger partial charge >= 0.3 is 0 Å². The summed E-state index contributed by atoms with van der Waals surface area (Å²) in [4.78, 5) is 23.0. The summed E-state index contributed by atoms with van der Waals surface area (Å²) in [6, 6.07) is 2.76. The number of rotatable bonds is 4. The largest absolute Gasteiger partial charge is 0.326 e. The van der Waals surface area contributed by atoms with Gasteiger partial charge in [-0.2, -0.15) is 0 Å². The van der Waals surface area contributed by atoms with E-state index in [1.807, 2.05) is 0 Å². The minimum atomic E-state index is -0.587. The van der Waals surface area contributed by atoms with Crippen LogP contribution in [0, 0.1) is 5.82 Å². The zero-order chi connectivity index (χ0) is 13.1. The minimum Gasteiger partial charge on any atom is -0.326 e. The number of hydrogen-bond acceptors (Lipinski definition) is 2. The van der Waals surface area contributed by atoms with Crippen LogP contribution in [0.15, 0.2) is 12.1 Å². The van der Waals surface area contributed by atoms with Gasteiger partial charge in [0.05, 0.1) is 5.56 Å². The van der Waals surface area contributed by atoms with Gasteiger partial charge in [-0.25, -0.2) is 4.39 Å². The Balaban J connectivity index is 2.27. The van der Waals surface area contributed by atoms with E-state index in [2.05, 4.69) is 5.32 Å². The van der Waals surface area contributed by atoms with Crippen LogP contribution < -0.4 is 5.32 Å². The summed E-state index contributed by atoms with van der Waals surface area (Å²) in [5.74, 6) is -0.569. The molecule has 1 N–H and O–H groups in total. The van der Waals surface area contributed by atoms with Crippen LogP contribution in [-0.4, -0.2) is 17.6 Å². The maximum absolute atomic E-state index is 13.8. The lowest BCUT2D eigenvalue weighted by molar-refractivity contribution is -0.116. The van der Waals surface area contributed by atoms with Crippen LogP contribution in [0.4, 0.5) is 10.1 Å². The zero-order valence-electron chi connectivity index (χ0n) is 9.76. The summed E-state index contributed by atoms with van der Waals surface area (Å²) in [5.41, 5.74) is 1.37. The molecular formula is C13H13ClFNO2. The first-order valence-corrected chi connectivity index (χ1v) is 6.36. The van der Waals surface area contributed by atoms with Gasteiger partial charge in [0.15, 0.2) is 5.78 Å². The lowest BCUT2D eigenvalue weighted by atomic mass is 9.97. The van der Waals surface area contributed by atoms with E-state index in [0.29, 0.717) is 30.8 Å². The Hall–Kier alpha value is -1.42. The standard InChI is InChI=1S/C13H13ClFNO2/c14-5-1-2-12(17)9-6-8-3-4-13(18)16-11(8)7-10(9)15/h6-7H,1-5H2,(H,16,18). The number of anilines is 1. The Labute approximate surface area is 109 Å². The molecule has 1 amide bonds. The van der Waals surface area contributed by atoms with E-state index in [1.54, 1.807) is 6.07 Å². The lowest BCUT2D eigenvalue weighted by Gasteiger charge is -2.17. The second-order valence-electron chi connectivity index (χ2n) is 4.25. The number of aryl methyl sites for hydroxylation is 1. The van der Waals surface area contributed by atoms with Gasteiger partial charge in [0.2, 0.25) is 5.91 Å². The van der Waals surface area contributed by atoms with E-state index in [9.17, 15) is 14.0 Å². The summed E-state index contributed by atoms with van der Waals surface area (Å²) in [6.45, 7) is 0. The summed E-state index contributed by atoms with van der Waals surface area (Å²) >= 11 is 5.51. The molecule has 0 saturated heterocycles. The molecule has 96 valence electrons. The van der Waals surface area contributed by atoms with Crippen molar-refractivity contribution in [3.8, 4) is 0 Å². The predicted octanol–water partition coefficient (Wildman–Crippen LogP) is 2.91. The molecule has 5 heteroatoms. The molecule has 0 radical (unpaired) electrons. The first-order valence-electron chi connectivity index (χ1n) is 5.83. The number of Topliss-reactive ketones (excluding diaryl/α,β-unsaturated/α-hetero) is 1. The highest BCUT2D eigenvalue weighted by Gasteiger charge is 2.20. The van der Waals surface area contributed by atoms with Crippen LogP contribution >= 0.6 is 11.6 Å². The SMILES string of the molecule is O=C1CCc2cc(C(=O)CCCCl)c(F)cc2N1. The van der Waals surface area contributed by atoms with Crippen molar-refractivity contribution in [2.75, 3.05) is 11.2 Å². The monoisotopic (exact) mass is 269 g/mol. The number of nitrogens with one attached hydrogen (secondary N) is 1. The molecule has 3 nitrogen and oxygen atoms in total. The van der Waals surface area contributed by atoms with Crippen molar-refractivity contribution in [2.45, 2.75) is 25.7 Å². The minimum absolute atomic E-state index is 0.0926.